The lowest BCUT2D eigenvalue weighted by Gasteiger charge is -2.18. The van der Waals surface area contributed by atoms with Gasteiger partial charge in [0.2, 0.25) is 0 Å². The largest absolute Gasteiger partial charge is 0.483 e. The predicted octanol–water partition coefficient (Wildman–Crippen LogP) is 4.67. The smallest absolute Gasteiger partial charge is 0.180 e. The van der Waals surface area contributed by atoms with Gasteiger partial charge in [0.25, 0.3) is 0 Å². The number of hydrogen-bond donors (Lipinski definition) is 1. The zero-order valence-corrected chi connectivity index (χ0v) is 19.4. The topological polar surface area (TPSA) is 87.6 Å². The van der Waals surface area contributed by atoms with Crippen LogP contribution < -0.4 is 10.1 Å². The number of nitrogens with one attached hydrogen (secondary N) is 1. The second-order valence-electron chi connectivity index (χ2n) is 8.13. The molecule has 1 aromatic carbocycles. The summed E-state index contributed by atoms with van der Waals surface area (Å²) in [5.74, 6) is 2.63. The van der Waals surface area contributed by atoms with Crippen molar-refractivity contribution in [2.75, 3.05) is 5.32 Å². The predicted molar refractivity (Wildman–Crippen MR) is 129 cm³/mol. The van der Waals surface area contributed by atoms with Gasteiger partial charge in [-0.25, -0.2) is 9.37 Å². The standard InChI is InChI=1S/C24H20ClFN8O/c1-32-22(6-7-28-32)29-21-11-16(17(25)12-27-21)15-10-19-24-31-30-23(34(24)9-8-33(19)13-15)14-35-20-5-3-2-4-18(20)26/h2-7,10-13H,8-9,14H2,1H3,(H,27,29). The third-order valence-corrected chi connectivity index (χ3v) is 6.26. The van der Waals surface area contributed by atoms with Crippen LogP contribution in [-0.4, -0.2) is 34.1 Å². The van der Waals surface area contributed by atoms with Crippen LogP contribution in [0.3, 0.4) is 0 Å². The molecule has 0 aliphatic carbocycles. The number of aromatic nitrogens is 7. The van der Waals surface area contributed by atoms with E-state index in [1.807, 2.05) is 29.8 Å². The Morgan fingerprint density at radius 3 is 2.86 bits per heavy atom. The highest BCUT2D eigenvalue weighted by Crippen LogP contribution is 2.35. The maximum Gasteiger partial charge on any atom is 0.180 e. The van der Waals surface area contributed by atoms with Gasteiger partial charge < -0.3 is 19.2 Å². The van der Waals surface area contributed by atoms with Gasteiger partial charge in [-0.3, -0.25) is 4.68 Å². The van der Waals surface area contributed by atoms with E-state index in [0.29, 0.717) is 23.2 Å². The van der Waals surface area contributed by atoms with Crippen LogP contribution in [0.5, 0.6) is 5.75 Å². The molecular weight excluding hydrogens is 471 g/mol. The second-order valence-corrected chi connectivity index (χ2v) is 8.54. The normalized spacial score (nSPS) is 12.3. The summed E-state index contributed by atoms with van der Waals surface area (Å²) in [7, 11) is 1.85. The Balaban J connectivity index is 1.28. The number of halogens is 2. The summed E-state index contributed by atoms with van der Waals surface area (Å²) in [5, 5.41) is 16.7. The number of nitrogens with zero attached hydrogens (tertiary/aromatic N) is 7. The van der Waals surface area contributed by atoms with E-state index in [1.54, 1.807) is 35.3 Å². The first-order valence-corrected chi connectivity index (χ1v) is 11.4. The van der Waals surface area contributed by atoms with E-state index in [-0.39, 0.29) is 12.4 Å². The molecule has 0 atom stereocenters. The number of para-hydroxylation sites is 1. The molecule has 1 N–H and O–H groups in total. The molecule has 0 unspecified atom stereocenters. The zero-order chi connectivity index (χ0) is 23.9. The molecule has 0 amide bonds. The number of benzene rings is 1. The zero-order valence-electron chi connectivity index (χ0n) is 18.7. The van der Waals surface area contributed by atoms with Gasteiger partial charge in [0.1, 0.15) is 18.2 Å². The van der Waals surface area contributed by atoms with Gasteiger partial charge in [-0.2, -0.15) is 5.10 Å². The van der Waals surface area contributed by atoms with E-state index < -0.39 is 5.82 Å². The Labute approximate surface area is 204 Å². The lowest BCUT2D eigenvalue weighted by Crippen LogP contribution is -2.18. The van der Waals surface area contributed by atoms with Gasteiger partial charge in [-0.1, -0.05) is 23.7 Å². The minimum Gasteiger partial charge on any atom is -0.483 e. The molecule has 1 aliphatic rings. The first-order valence-electron chi connectivity index (χ1n) is 11.0. The fraction of sp³-hybridized carbons (Fsp3) is 0.167. The molecule has 5 heterocycles. The van der Waals surface area contributed by atoms with Crippen LogP contribution in [0.1, 0.15) is 5.82 Å². The number of ether oxygens (including phenoxy) is 1. The highest BCUT2D eigenvalue weighted by molar-refractivity contribution is 6.33. The molecule has 6 rings (SSSR count). The molecule has 9 nitrogen and oxygen atoms in total. The highest BCUT2D eigenvalue weighted by atomic mass is 35.5. The number of rotatable bonds is 6. The summed E-state index contributed by atoms with van der Waals surface area (Å²) in [6.45, 7) is 1.54. The molecule has 0 bridgehead atoms. The van der Waals surface area contributed by atoms with Crippen LogP contribution >= 0.6 is 11.6 Å². The van der Waals surface area contributed by atoms with E-state index >= 15 is 0 Å². The molecule has 0 saturated heterocycles. The SMILES string of the molecule is Cn1nccc1Nc1cc(-c2cc3n(c2)CCn2c(COc4ccccc4F)nnc2-3)c(Cl)cn1. The lowest BCUT2D eigenvalue weighted by molar-refractivity contribution is 0.273. The van der Waals surface area contributed by atoms with E-state index in [1.165, 1.54) is 6.07 Å². The van der Waals surface area contributed by atoms with Crippen molar-refractivity contribution in [1.82, 2.24) is 34.1 Å². The van der Waals surface area contributed by atoms with Crippen LogP contribution in [0.15, 0.2) is 61.1 Å². The first-order chi connectivity index (χ1) is 17.1. The quantitative estimate of drug-likeness (QED) is 0.372. The summed E-state index contributed by atoms with van der Waals surface area (Å²) < 4.78 is 25.4. The van der Waals surface area contributed by atoms with Gasteiger partial charge in [0.05, 0.1) is 16.9 Å². The van der Waals surface area contributed by atoms with Gasteiger partial charge in [0, 0.05) is 49.7 Å². The summed E-state index contributed by atoms with van der Waals surface area (Å²) in [4.78, 5) is 4.40. The molecule has 5 aromatic rings. The fourth-order valence-electron chi connectivity index (χ4n) is 4.16. The first kappa shape index (κ1) is 21.4. The molecule has 0 spiro atoms. The monoisotopic (exact) mass is 490 g/mol. The van der Waals surface area contributed by atoms with E-state index in [2.05, 4.69) is 36.4 Å². The van der Waals surface area contributed by atoms with E-state index in [9.17, 15) is 4.39 Å². The van der Waals surface area contributed by atoms with Crippen LogP contribution in [0.2, 0.25) is 5.02 Å². The Morgan fingerprint density at radius 1 is 1.14 bits per heavy atom. The van der Waals surface area contributed by atoms with Crippen molar-refractivity contribution >= 4 is 23.2 Å². The van der Waals surface area contributed by atoms with Gasteiger partial charge in [-0.05, 0) is 24.3 Å². The maximum atomic E-state index is 13.9. The Bertz CT molecular complexity index is 1540. The molecule has 176 valence electrons. The van der Waals surface area contributed by atoms with Gasteiger partial charge in [-0.15, -0.1) is 10.2 Å². The summed E-state index contributed by atoms with van der Waals surface area (Å²) >= 11 is 6.53. The van der Waals surface area contributed by atoms with Crippen molar-refractivity contribution in [1.29, 1.82) is 0 Å². The van der Waals surface area contributed by atoms with Crippen molar-refractivity contribution in [2.24, 2.45) is 7.05 Å². The highest BCUT2D eigenvalue weighted by Gasteiger charge is 2.24. The van der Waals surface area contributed by atoms with Gasteiger partial charge >= 0.3 is 0 Å². The molecule has 4 aromatic heterocycles. The number of aryl methyl sites for hydroxylation is 2. The average molecular weight is 491 g/mol. The third kappa shape index (κ3) is 3.91. The Hall–Kier alpha value is -4.18. The van der Waals surface area contributed by atoms with E-state index in [4.69, 9.17) is 16.3 Å². The van der Waals surface area contributed by atoms with Crippen LogP contribution in [0.4, 0.5) is 16.0 Å². The van der Waals surface area contributed by atoms with Crippen molar-refractivity contribution in [3.8, 4) is 28.4 Å². The number of hydrogen-bond acceptors (Lipinski definition) is 6. The van der Waals surface area contributed by atoms with E-state index in [0.717, 1.165) is 35.0 Å². The number of pyridine rings is 1. The summed E-state index contributed by atoms with van der Waals surface area (Å²) in [5.41, 5.74) is 2.72. The summed E-state index contributed by atoms with van der Waals surface area (Å²) in [6.07, 6.45) is 5.40. The Morgan fingerprint density at radius 2 is 2.03 bits per heavy atom. The molecule has 11 heteroatoms. The molecule has 0 fully saturated rings. The fourth-order valence-corrected chi connectivity index (χ4v) is 4.38. The maximum absolute atomic E-state index is 13.9. The van der Waals surface area contributed by atoms with Crippen molar-refractivity contribution in [3.63, 3.8) is 0 Å². The third-order valence-electron chi connectivity index (χ3n) is 5.95. The van der Waals surface area contributed by atoms with Crippen molar-refractivity contribution in [2.45, 2.75) is 19.7 Å². The van der Waals surface area contributed by atoms with Gasteiger partial charge in [0.15, 0.2) is 23.2 Å². The summed E-state index contributed by atoms with van der Waals surface area (Å²) in [6, 6.07) is 12.1. The Kier molecular flexibility index (Phi) is 5.22. The molecular formula is C24H20ClFN8O. The molecule has 0 radical (unpaired) electrons. The van der Waals surface area contributed by atoms with Crippen molar-refractivity contribution < 1.29 is 9.13 Å². The average Bonchev–Trinajstić information content (AvgIpc) is 3.58. The minimum absolute atomic E-state index is 0.126. The number of anilines is 2. The van der Waals surface area contributed by atoms with Crippen LogP contribution in [-0.2, 0) is 26.7 Å². The molecule has 35 heavy (non-hydrogen) atoms. The van der Waals surface area contributed by atoms with Crippen LogP contribution in [0, 0.1) is 5.82 Å². The van der Waals surface area contributed by atoms with Crippen LogP contribution in [0.25, 0.3) is 22.6 Å². The molecule has 1 aliphatic heterocycles. The minimum atomic E-state index is -0.407. The number of fused-ring (bicyclic) bond motifs is 3. The molecule has 0 saturated carbocycles. The lowest BCUT2D eigenvalue weighted by atomic mass is 10.1. The van der Waals surface area contributed by atoms with Crippen molar-refractivity contribution in [3.05, 3.63) is 77.7 Å². The second kappa shape index (κ2) is 8.55.